The summed E-state index contributed by atoms with van der Waals surface area (Å²) in [6, 6.07) is 12.5. The fourth-order valence-corrected chi connectivity index (χ4v) is 2.11. The summed E-state index contributed by atoms with van der Waals surface area (Å²) < 4.78 is 11.0. The average molecular weight is 322 g/mol. The summed E-state index contributed by atoms with van der Waals surface area (Å²) in [5.74, 6) is 0.0149. The molecule has 0 aliphatic rings. The van der Waals surface area contributed by atoms with E-state index < -0.39 is 5.91 Å². The third-order valence-corrected chi connectivity index (χ3v) is 3.19. The van der Waals surface area contributed by atoms with Gasteiger partial charge in [-0.2, -0.15) is 5.06 Å². The van der Waals surface area contributed by atoms with Crippen LogP contribution in [0.5, 0.6) is 11.5 Å². The molecule has 0 saturated carbocycles. The highest BCUT2D eigenvalue weighted by Crippen LogP contribution is 2.40. The first-order chi connectivity index (χ1) is 10.5. The first-order valence-electron chi connectivity index (χ1n) is 6.56. The van der Waals surface area contributed by atoms with Crippen molar-refractivity contribution in [3.63, 3.8) is 0 Å². The van der Waals surface area contributed by atoms with Gasteiger partial charge in [-0.1, -0.05) is 41.9 Å². The molecule has 6 heteroatoms. The van der Waals surface area contributed by atoms with Crippen molar-refractivity contribution < 1.29 is 19.5 Å². The molecule has 0 spiro atoms. The van der Waals surface area contributed by atoms with Gasteiger partial charge >= 0.3 is 0 Å². The predicted molar refractivity (Wildman–Crippen MR) is 83.7 cm³/mol. The third-order valence-electron chi connectivity index (χ3n) is 2.97. The Bertz CT molecular complexity index is 661. The van der Waals surface area contributed by atoms with Gasteiger partial charge in [-0.25, -0.2) is 0 Å². The average Bonchev–Trinajstić information content (AvgIpc) is 2.52. The fourth-order valence-electron chi connectivity index (χ4n) is 1.91. The zero-order valence-electron chi connectivity index (χ0n) is 12.2. The van der Waals surface area contributed by atoms with Crippen molar-refractivity contribution in [1.29, 1.82) is 0 Å². The van der Waals surface area contributed by atoms with E-state index in [1.54, 1.807) is 6.07 Å². The number of amides is 1. The van der Waals surface area contributed by atoms with Crippen molar-refractivity contribution in [2.75, 3.05) is 12.2 Å². The molecule has 22 heavy (non-hydrogen) atoms. The van der Waals surface area contributed by atoms with Crippen LogP contribution in [-0.4, -0.2) is 18.2 Å². The highest BCUT2D eigenvalue weighted by Gasteiger charge is 2.20. The van der Waals surface area contributed by atoms with Crippen LogP contribution in [0.2, 0.25) is 5.02 Å². The Labute approximate surface area is 133 Å². The van der Waals surface area contributed by atoms with E-state index in [9.17, 15) is 10.0 Å². The van der Waals surface area contributed by atoms with Crippen molar-refractivity contribution in [3.05, 3.63) is 53.1 Å². The zero-order valence-corrected chi connectivity index (χ0v) is 13.0. The van der Waals surface area contributed by atoms with E-state index in [4.69, 9.17) is 21.1 Å². The van der Waals surface area contributed by atoms with Crippen LogP contribution >= 0.6 is 11.6 Å². The number of hydrogen-bond donors (Lipinski definition) is 1. The quantitative estimate of drug-likeness (QED) is 0.674. The Morgan fingerprint density at radius 3 is 2.55 bits per heavy atom. The van der Waals surface area contributed by atoms with E-state index in [2.05, 4.69) is 0 Å². The highest BCUT2D eigenvalue weighted by atomic mass is 35.5. The second-order valence-electron chi connectivity index (χ2n) is 4.56. The standard InChI is InChI=1S/C16H16ClNO4/c1-11(19)18(20)14-8-13(17)9-15(21-2)16(14)22-10-12-6-4-3-5-7-12/h3-9,20H,10H2,1-2H3. The van der Waals surface area contributed by atoms with Crippen molar-refractivity contribution in [3.8, 4) is 11.5 Å². The molecule has 2 aromatic carbocycles. The normalized spacial score (nSPS) is 10.2. The number of anilines is 1. The van der Waals surface area contributed by atoms with E-state index in [1.165, 1.54) is 20.1 Å². The minimum Gasteiger partial charge on any atom is -0.493 e. The first kappa shape index (κ1) is 16.1. The van der Waals surface area contributed by atoms with Gasteiger partial charge in [0.15, 0.2) is 11.5 Å². The molecule has 1 N–H and O–H groups in total. The fraction of sp³-hybridized carbons (Fsp3) is 0.188. The molecule has 0 aliphatic heterocycles. The number of hydroxylamine groups is 1. The van der Waals surface area contributed by atoms with Gasteiger partial charge in [-0.15, -0.1) is 0 Å². The molecule has 0 unspecified atom stereocenters. The Morgan fingerprint density at radius 1 is 1.27 bits per heavy atom. The number of carbonyl (C=O) groups excluding carboxylic acids is 1. The lowest BCUT2D eigenvalue weighted by Crippen LogP contribution is -2.24. The molecule has 2 rings (SSSR count). The van der Waals surface area contributed by atoms with Gasteiger partial charge in [-0.3, -0.25) is 10.0 Å². The van der Waals surface area contributed by atoms with Crippen molar-refractivity contribution in [2.45, 2.75) is 13.5 Å². The number of nitrogens with zero attached hydrogens (tertiary/aromatic N) is 1. The Hall–Kier alpha value is -2.24. The number of methoxy groups -OCH3 is 1. The summed E-state index contributed by atoms with van der Waals surface area (Å²) in [4.78, 5) is 11.4. The summed E-state index contributed by atoms with van der Waals surface area (Å²) in [5.41, 5.74) is 1.07. The minimum absolute atomic E-state index is 0.132. The lowest BCUT2D eigenvalue weighted by atomic mass is 10.2. The largest absolute Gasteiger partial charge is 0.493 e. The number of hydrogen-bond acceptors (Lipinski definition) is 4. The lowest BCUT2D eigenvalue weighted by molar-refractivity contribution is -0.121. The second kappa shape index (κ2) is 7.15. The Morgan fingerprint density at radius 2 is 1.95 bits per heavy atom. The maximum absolute atomic E-state index is 11.4. The van der Waals surface area contributed by atoms with Gasteiger partial charge in [0.2, 0.25) is 5.91 Å². The molecular weight excluding hydrogens is 306 g/mol. The van der Waals surface area contributed by atoms with Crippen LogP contribution < -0.4 is 14.5 Å². The van der Waals surface area contributed by atoms with Crippen LogP contribution in [0.15, 0.2) is 42.5 Å². The van der Waals surface area contributed by atoms with Gasteiger partial charge in [0, 0.05) is 18.0 Å². The van der Waals surface area contributed by atoms with Gasteiger partial charge in [-0.05, 0) is 11.6 Å². The molecule has 2 aromatic rings. The van der Waals surface area contributed by atoms with Crippen LogP contribution in [-0.2, 0) is 11.4 Å². The van der Waals surface area contributed by atoms with Crippen molar-refractivity contribution in [2.24, 2.45) is 0 Å². The summed E-state index contributed by atoms with van der Waals surface area (Å²) in [7, 11) is 1.46. The monoisotopic (exact) mass is 321 g/mol. The summed E-state index contributed by atoms with van der Waals surface area (Å²) in [6.07, 6.45) is 0. The molecular formula is C16H16ClNO4. The molecule has 0 aliphatic carbocycles. The maximum atomic E-state index is 11.4. The Balaban J connectivity index is 2.36. The highest BCUT2D eigenvalue weighted by molar-refractivity contribution is 6.31. The SMILES string of the molecule is COc1cc(Cl)cc(N(O)C(C)=O)c1OCc1ccccc1. The molecule has 0 aromatic heterocycles. The number of benzene rings is 2. The Kier molecular flexibility index (Phi) is 5.25. The minimum atomic E-state index is -0.561. The van der Waals surface area contributed by atoms with E-state index in [0.29, 0.717) is 15.8 Å². The smallest absolute Gasteiger partial charge is 0.247 e. The molecule has 0 heterocycles. The van der Waals surface area contributed by atoms with Crippen LogP contribution in [0.3, 0.4) is 0 Å². The van der Waals surface area contributed by atoms with Crippen LogP contribution in [0.1, 0.15) is 12.5 Å². The molecule has 0 radical (unpaired) electrons. The first-order valence-corrected chi connectivity index (χ1v) is 6.94. The number of carbonyl (C=O) groups is 1. The van der Waals surface area contributed by atoms with Gasteiger partial charge < -0.3 is 9.47 Å². The van der Waals surface area contributed by atoms with E-state index >= 15 is 0 Å². The van der Waals surface area contributed by atoms with Crippen LogP contribution in [0.25, 0.3) is 0 Å². The number of ether oxygens (including phenoxy) is 2. The molecule has 5 nitrogen and oxygen atoms in total. The third kappa shape index (κ3) is 3.69. The zero-order chi connectivity index (χ0) is 16.1. The molecule has 116 valence electrons. The lowest BCUT2D eigenvalue weighted by Gasteiger charge is -2.20. The second-order valence-corrected chi connectivity index (χ2v) is 5.00. The predicted octanol–water partition coefficient (Wildman–Crippen LogP) is 3.67. The molecule has 1 amide bonds. The molecule has 0 bridgehead atoms. The molecule has 0 fully saturated rings. The molecule has 0 atom stereocenters. The van der Waals surface area contributed by atoms with Gasteiger partial charge in [0.25, 0.3) is 0 Å². The van der Waals surface area contributed by atoms with Crippen molar-refractivity contribution >= 4 is 23.2 Å². The van der Waals surface area contributed by atoms with E-state index in [0.717, 1.165) is 5.56 Å². The van der Waals surface area contributed by atoms with Crippen molar-refractivity contribution in [1.82, 2.24) is 0 Å². The summed E-state index contributed by atoms with van der Waals surface area (Å²) in [6.45, 7) is 1.49. The number of rotatable bonds is 5. The van der Waals surface area contributed by atoms with Crippen LogP contribution in [0, 0.1) is 0 Å². The van der Waals surface area contributed by atoms with Gasteiger partial charge in [0.1, 0.15) is 12.3 Å². The topological polar surface area (TPSA) is 59.0 Å². The molecule has 0 saturated heterocycles. The summed E-state index contributed by atoms with van der Waals surface area (Å²) >= 11 is 5.98. The number of halogens is 1. The van der Waals surface area contributed by atoms with E-state index in [1.807, 2.05) is 30.3 Å². The van der Waals surface area contributed by atoms with E-state index in [-0.39, 0.29) is 18.0 Å². The van der Waals surface area contributed by atoms with Crippen LogP contribution in [0.4, 0.5) is 5.69 Å². The van der Waals surface area contributed by atoms with Gasteiger partial charge in [0.05, 0.1) is 7.11 Å². The maximum Gasteiger partial charge on any atom is 0.247 e. The summed E-state index contributed by atoms with van der Waals surface area (Å²) in [5, 5.41) is 10.7.